The van der Waals surface area contributed by atoms with Crippen LogP contribution < -0.4 is 5.73 Å². The quantitative estimate of drug-likeness (QED) is 0.770. The van der Waals surface area contributed by atoms with Crippen LogP contribution in [0.2, 0.25) is 0 Å². The number of hydrogen-bond donors (Lipinski definition) is 1. The van der Waals surface area contributed by atoms with Crippen molar-refractivity contribution in [2.75, 3.05) is 0 Å². The standard InChI is InChI=1S/C9H13NOS/c1-2-9(11)8(10)6-7-4-3-5-12-7/h3-5,8H,2,6,10H2,1H3. The highest BCUT2D eigenvalue weighted by molar-refractivity contribution is 7.09. The number of hydrogen-bond acceptors (Lipinski definition) is 3. The first-order valence-electron chi connectivity index (χ1n) is 4.04. The van der Waals surface area contributed by atoms with Crippen LogP contribution >= 0.6 is 11.3 Å². The molecule has 1 atom stereocenters. The van der Waals surface area contributed by atoms with E-state index in [0.29, 0.717) is 12.8 Å². The zero-order valence-electron chi connectivity index (χ0n) is 7.12. The molecule has 3 heteroatoms. The summed E-state index contributed by atoms with van der Waals surface area (Å²) in [4.78, 5) is 12.3. The second kappa shape index (κ2) is 4.38. The maximum absolute atomic E-state index is 11.1. The number of thiophene rings is 1. The van der Waals surface area contributed by atoms with Crippen LogP contribution in [-0.2, 0) is 11.2 Å². The molecule has 66 valence electrons. The van der Waals surface area contributed by atoms with E-state index in [1.807, 2.05) is 24.4 Å². The van der Waals surface area contributed by atoms with Gasteiger partial charge in [0.1, 0.15) is 5.78 Å². The molecular weight excluding hydrogens is 170 g/mol. The van der Waals surface area contributed by atoms with Crippen molar-refractivity contribution in [3.63, 3.8) is 0 Å². The number of carbonyl (C=O) groups is 1. The van der Waals surface area contributed by atoms with Gasteiger partial charge >= 0.3 is 0 Å². The first-order chi connectivity index (χ1) is 5.74. The highest BCUT2D eigenvalue weighted by atomic mass is 32.1. The molecule has 0 aromatic carbocycles. The van der Waals surface area contributed by atoms with Gasteiger partial charge in [0.25, 0.3) is 0 Å². The van der Waals surface area contributed by atoms with E-state index >= 15 is 0 Å². The Morgan fingerprint density at radius 2 is 2.50 bits per heavy atom. The van der Waals surface area contributed by atoms with E-state index < -0.39 is 0 Å². The first kappa shape index (κ1) is 9.42. The predicted octanol–water partition coefficient (Wildman–Crippen LogP) is 1.60. The van der Waals surface area contributed by atoms with Crippen LogP contribution in [0.4, 0.5) is 0 Å². The first-order valence-corrected chi connectivity index (χ1v) is 4.92. The highest BCUT2D eigenvalue weighted by Gasteiger charge is 2.11. The van der Waals surface area contributed by atoms with Gasteiger partial charge in [-0.2, -0.15) is 0 Å². The Hall–Kier alpha value is -0.670. The van der Waals surface area contributed by atoms with Crippen LogP contribution in [0.15, 0.2) is 17.5 Å². The summed E-state index contributed by atoms with van der Waals surface area (Å²) >= 11 is 1.65. The second-order valence-corrected chi connectivity index (χ2v) is 3.74. The van der Waals surface area contributed by atoms with Crippen LogP contribution in [0.3, 0.4) is 0 Å². The molecular formula is C9H13NOS. The largest absolute Gasteiger partial charge is 0.321 e. The molecule has 1 aromatic heterocycles. The van der Waals surface area contributed by atoms with Crippen molar-refractivity contribution in [2.24, 2.45) is 5.73 Å². The maximum Gasteiger partial charge on any atom is 0.149 e. The Morgan fingerprint density at radius 3 is 3.00 bits per heavy atom. The van der Waals surface area contributed by atoms with Crippen molar-refractivity contribution >= 4 is 17.1 Å². The van der Waals surface area contributed by atoms with E-state index in [2.05, 4.69) is 0 Å². The fourth-order valence-electron chi connectivity index (χ4n) is 1.02. The van der Waals surface area contributed by atoms with Gasteiger partial charge in [0.15, 0.2) is 0 Å². The normalized spacial score (nSPS) is 12.8. The minimum Gasteiger partial charge on any atom is -0.321 e. The number of Topliss-reactive ketones (excluding diaryl/α,β-unsaturated/α-hetero) is 1. The lowest BCUT2D eigenvalue weighted by molar-refractivity contribution is -0.119. The lowest BCUT2D eigenvalue weighted by Gasteiger charge is -2.06. The van der Waals surface area contributed by atoms with Crippen molar-refractivity contribution in [3.05, 3.63) is 22.4 Å². The summed E-state index contributed by atoms with van der Waals surface area (Å²) in [5.41, 5.74) is 5.68. The van der Waals surface area contributed by atoms with E-state index in [4.69, 9.17) is 5.73 Å². The topological polar surface area (TPSA) is 43.1 Å². The summed E-state index contributed by atoms with van der Waals surface area (Å²) in [5.74, 6) is 0.142. The van der Waals surface area contributed by atoms with Gasteiger partial charge in [0.2, 0.25) is 0 Å². The molecule has 0 saturated heterocycles. The lowest BCUT2D eigenvalue weighted by Crippen LogP contribution is -2.31. The van der Waals surface area contributed by atoms with Gasteiger partial charge in [0.05, 0.1) is 6.04 Å². The molecule has 0 bridgehead atoms. The average Bonchev–Trinajstić information content (AvgIpc) is 2.55. The lowest BCUT2D eigenvalue weighted by atomic mass is 10.1. The monoisotopic (exact) mass is 183 g/mol. The highest BCUT2D eigenvalue weighted by Crippen LogP contribution is 2.10. The van der Waals surface area contributed by atoms with Crippen molar-refractivity contribution in [2.45, 2.75) is 25.8 Å². The number of ketones is 1. The number of carbonyl (C=O) groups excluding carboxylic acids is 1. The molecule has 2 nitrogen and oxygen atoms in total. The molecule has 12 heavy (non-hydrogen) atoms. The molecule has 1 unspecified atom stereocenters. The Bertz CT molecular complexity index is 243. The van der Waals surface area contributed by atoms with Crippen LogP contribution in [-0.4, -0.2) is 11.8 Å². The zero-order valence-corrected chi connectivity index (χ0v) is 7.93. The summed E-state index contributed by atoms with van der Waals surface area (Å²) in [5, 5.41) is 2.00. The Kier molecular flexibility index (Phi) is 3.44. The third-order valence-corrected chi connectivity index (χ3v) is 2.66. The van der Waals surface area contributed by atoms with Gasteiger partial charge in [-0.25, -0.2) is 0 Å². The van der Waals surface area contributed by atoms with Crippen LogP contribution in [0, 0.1) is 0 Å². The van der Waals surface area contributed by atoms with Gasteiger partial charge in [-0.15, -0.1) is 11.3 Å². The van der Waals surface area contributed by atoms with Crippen LogP contribution in [0.1, 0.15) is 18.2 Å². The molecule has 1 aromatic rings. The minimum atomic E-state index is -0.311. The Labute approximate surface area is 76.4 Å². The van der Waals surface area contributed by atoms with Crippen molar-refractivity contribution in [3.8, 4) is 0 Å². The minimum absolute atomic E-state index is 0.142. The molecule has 0 amide bonds. The van der Waals surface area contributed by atoms with E-state index in [9.17, 15) is 4.79 Å². The molecule has 1 rings (SSSR count). The summed E-state index contributed by atoms with van der Waals surface area (Å²) in [6.45, 7) is 1.84. The Morgan fingerprint density at radius 1 is 1.75 bits per heavy atom. The van der Waals surface area contributed by atoms with Crippen LogP contribution in [0.25, 0.3) is 0 Å². The van der Waals surface area contributed by atoms with Gasteiger partial charge in [-0.3, -0.25) is 4.79 Å². The number of nitrogens with two attached hydrogens (primary N) is 1. The smallest absolute Gasteiger partial charge is 0.149 e. The Balaban J connectivity index is 2.47. The molecule has 1 heterocycles. The SMILES string of the molecule is CCC(=O)C(N)Cc1cccs1. The molecule has 2 N–H and O–H groups in total. The van der Waals surface area contributed by atoms with Crippen molar-refractivity contribution in [1.29, 1.82) is 0 Å². The predicted molar refractivity (Wildman–Crippen MR) is 51.3 cm³/mol. The van der Waals surface area contributed by atoms with Gasteiger partial charge in [-0.1, -0.05) is 13.0 Å². The van der Waals surface area contributed by atoms with Crippen molar-refractivity contribution in [1.82, 2.24) is 0 Å². The fourth-order valence-corrected chi connectivity index (χ4v) is 1.79. The average molecular weight is 183 g/mol. The fraction of sp³-hybridized carbons (Fsp3) is 0.444. The van der Waals surface area contributed by atoms with Crippen molar-refractivity contribution < 1.29 is 4.79 Å². The molecule has 0 spiro atoms. The number of rotatable bonds is 4. The molecule has 0 fully saturated rings. The van der Waals surface area contributed by atoms with Gasteiger partial charge in [-0.05, 0) is 11.4 Å². The molecule has 0 radical (unpaired) electrons. The van der Waals surface area contributed by atoms with Crippen LogP contribution in [0.5, 0.6) is 0 Å². The second-order valence-electron chi connectivity index (χ2n) is 2.71. The van der Waals surface area contributed by atoms with E-state index in [1.54, 1.807) is 11.3 Å². The van der Waals surface area contributed by atoms with Gasteiger partial charge < -0.3 is 5.73 Å². The maximum atomic E-state index is 11.1. The summed E-state index contributed by atoms with van der Waals surface area (Å²) < 4.78 is 0. The van der Waals surface area contributed by atoms with E-state index in [1.165, 1.54) is 4.88 Å². The molecule has 0 saturated carbocycles. The summed E-state index contributed by atoms with van der Waals surface area (Å²) in [7, 11) is 0. The molecule has 0 aliphatic heterocycles. The van der Waals surface area contributed by atoms with E-state index in [0.717, 1.165) is 0 Å². The van der Waals surface area contributed by atoms with Gasteiger partial charge in [0, 0.05) is 17.7 Å². The molecule has 0 aliphatic rings. The summed E-state index contributed by atoms with van der Waals surface area (Å²) in [6, 6.07) is 3.67. The molecule has 0 aliphatic carbocycles. The zero-order chi connectivity index (χ0) is 8.97. The summed E-state index contributed by atoms with van der Waals surface area (Å²) in [6.07, 6.45) is 1.22. The van der Waals surface area contributed by atoms with E-state index in [-0.39, 0.29) is 11.8 Å². The third-order valence-electron chi connectivity index (χ3n) is 1.76. The third kappa shape index (κ3) is 2.43.